The largest absolute Gasteiger partial charge is 0.337 e. The van der Waals surface area contributed by atoms with Crippen molar-refractivity contribution in [2.24, 2.45) is 0 Å². The number of imidazole rings is 1. The first-order chi connectivity index (χ1) is 13.2. The molecule has 4 rings (SSSR count). The van der Waals surface area contributed by atoms with Gasteiger partial charge in [0, 0.05) is 21.9 Å². The Balaban J connectivity index is 0.00000102. The number of hydrogen-bond acceptors (Lipinski definition) is 3. The van der Waals surface area contributed by atoms with Gasteiger partial charge < -0.3 is 4.98 Å². The molecule has 0 aliphatic carbocycles. The van der Waals surface area contributed by atoms with E-state index in [9.17, 15) is 4.39 Å². The van der Waals surface area contributed by atoms with Crippen molar-refractivity contribution in [3.63, 3.8) is 0 Å². The number of H-pyrrole nitrogens is 1. The summed E-state index contributed by atoms with van der Waals surface area (Å²) in [5, 5.41) is 0.409. The zero-order chi connectivity index (χ0) is 19.2. The lowest BCUT2D eigenvalue weighted by atomic mass is 10.2. The molecule has 6 heteroatoms. The Labute approximate surface area is 167 Å². The maximum atomic E-state index is 13.9. The Morgan fingerprint density at radius 1 is 1.07 bits per heavy atom. The van der Waals surface area contributed by atoms with Gasteiger partial charge >= 0.3 is 0 Å². The molecule has 2 aromatic heterocycles. The number of halogens is 2. The monoisotopic (exact) mass is 399 g/mol. The molecule has 0 unspecified atom stereocenters. The average molecular weight is 400 g/mol. The molecule has 2 aromatic carbocycles. The van der Waals surface area contributed by atoms with Crippen LogP contribution in [0, 0.1) is 5.82 Å². The first kappa shape index (κ1) is 19.4. The van der Waals surface area contributed by atoms with E-state index < -0.39 is 0 Å². The zero-order valence-corrected chi connectivity index (χ0v) is 16.6. The number of aromatic amines is 1. The summed E-state index contributed by atoms with van der Waals surface area (Å²) < 4.78 is 13.9. The Morgan fingerprint density at radius 3 is 2.67 bits per heavy atom. The van der Waals surface area contributed by atoms with Gasteiger partial charge in [0.05, 0.1) is 11.0 Å². The number of nitrogens with one attached hydrogen (secondary N) is 1. The first-order valence-corrected chi connectivity index (χ1v) is 10.0. The summed E-state index contributed by atoms with van der Waals surface area (Å²) in [7, 11) is 0. The molecule has 0 aliphatic heterocycles. The quantitative estimate of drug-likeness (QED) is 0.386. The lowest BCUT2D eigenvalue weighted by molar-refractivity contribution is 0.617. The van der Waals surface area contributed by atoms with E-state index in [4.69, 9.17) is 11.6 Å². The molecule has 0 aliphatic rings. The van der Waals surface area contributed by atoms with Gasteiger partial charge in [-0.3, -0.25) is 4.98 Å². The lowest BCUT2D eigenvalue weighted by Crippen LogP contribution is -1.87. The van der Waals surface area contributed by atoms with E-state index in [2.05, 4.69) is 15.0 Å². The molecule has 0 fully saturated rings. The van der Waals surface area contributed by atoms with Gasteiger partial charge in [0.15, 0.2) is 5.82 Å². The van der Waals surface area contributed by atoms with Crippen LogP contribution in [0.5, 0.6) is 0 Å². The van der Waals surface area contributed by atoms with Gasteiger partial charge in [-0.15, -0.1) is 11.8 Å². The molecular weight excluding hydrogens is 381 g/mol. The summed E-state index contributed by atoms with van der Waals surface area (Å²) in [4.78, 5) is 13.2. The molecular formula is C21H19ClFN3S. The Hall–Kier alpha value is -2.37. The predicted octanol–water partition coefficient (Wildman–Crippen LogP) is 6.74. The fraction of sp³-hybridized carbons (Fsp3) is 0.143. The highest BCUT2D eigenvalue weighted by molar-refractivity contribution is 7.98. The highest BCUT2D eigenvalue weighted by Gasteiger charge is 2.08. The van der Waals surface area contributed by atoms with Crippen molar-refractivity contribution in [1.82, 2.24) is 15.0 Å². The Bertz CT molecular complexity index is 1030. The normalized spacial score (nSPS) is 10.5. The van der Waals surface area contributed by atoms with E-state index in [0.29, 0.717) is 16.3 Å². The topological polar surface area (TPSA) is 41.6 Å². The van der Waals surface area contributed by atoms with Crippen LogP contribution < -0.4 is 0 Å². The molecule has 1 N–H and O–H groups in total. The number of rotatable bonds is 4. The molecule has 0 radical (unpaired) electrons. The van der Waals surface area contributed by atoms with E-state index >= 15 is 0 Å². The summed E-state index contributed by atoms with van der Waals surface area (Å²) in [6, 6.07) is 16.5. The smallest absolute Gasteiger partial charge is 0.157 e. The van der Waals surface area contributed by atoms with Gasteiger partial charge in [-0.2, -0.15) is 0 Å². The second kappa shape index (κ2) is 9.02. The van der Waals surface area contributed by atoms with Crippen LogP contribution in [0.3, 0.4) is 0 Å². The van der Waals surface area contributed by atoms with Gasteiger partial charge in [0.2, 0.25) is 0 Å². The number of hydrogen-bond donors (Lipinski definition) is 1. The highest BCUT2D eigenvalue weighted by atomic mass is 35.5. The fourth-order valence-corrected chi connectivity index (χ4v) is 3.58. The SMILES string of the molecule is CC.Fc1cc(Cl)ccc1CSc1ccc2nc(-c3ccccn3)[nH]c2c1. The number of fused-ring (bicyclic) bond motifs is 1. The Kier molecular flexibility index (Phi) is 6.48. The maximum Gasteiger partial charge on any atom is 0.157 e. The van der Waals surface area contributed by atoms with E-state index in [0.717, 1.165) is 27.4 Å². The lowest BCUT2D eigenvalue weighted by Gasteiger charge is -2.04. The number of aromatic nitrogens is 3. The van der Waals surface area contributed by atoms with Gasteiger partial charge in [0.25, 0.3) is 0 Å². The maximum absolute atomic E-state index is 13.9. The summed E-state index contributed by atoms with van der Waals surface area (Å²) >= 11 is 7.36. The molecule has 0 atom stereocenters. The van der Waals surface area contributed by atoms with Crippen molar-refractivity contribution in [2.45, 2.75) is 24.5 Å². The zero-order valence-electron chi connectivity index (χ0n) is 15.0. The second-order valence-electron chi connectivity index (χ2n) is 5.50. The molecule has 0 saturated heterocycles. The van der Waals surface area contributed by atoms with Crippen molar-refractivity contribution in [2.75, 3.05) is 0 Å². The van der Waals surface area contributed by atoms with Crippen LogP contribution in [0.1, 0.15) is 19.4 Å². The van der Waals surface area contributed by atoms with Crippen molar-refractivity contribution in [1.29, 1.82) is 0 Å². The molecule has 3 nitrogen and oxygen atoms in total. The summed E-state index contributed by atoms with van der Waals surface area (Å²) in [6.07, 6.45) is 1.74. The minimum atomic E-state index is -0.278. The van der Waals surface area contributed by atoms with Crippen molar-refractivity contribution in [3.8, 4) is 11.5 Å². The van der Waals surface area contributed by atoms with Crippen LogP contribution in [-0.4, -0.2) is 15.0 Å². The predicted molar refractivity (Wildman–Crippen MR) is 112 cm³/mol. The van der Waals surface area contributed by atoms with Crippen LogP contribution in [0.25, 0.3) is 22.6 Å². The summed E-state index contributed by atoms with van der Waals surface area (Å²) in [5.41, 5.74) is 3.24. The average Bonchev–Trinajstić information content (AvgIpc) is 3.13. The molecule has 27 heavy (non-hydrogen) atoms. The number of pyridine rings is 1. The minimum Gasteiger partial charge on any atom is -0.337 e. The Morgan fingerprint density at radius 2 is 1.93 bits per heavy atom. The van der Waals surface area contributed by atoms with Gasteiger partial charge in [-0.05, 0) is 48.0 Å². The highest BCUT2D eigenvalue weighted by Crippen LogP contribution is 2.28. The van der Waals surface area contributed by atoms with E-state index in [1.54, 1.807) is 30.1 Å². The van der Waals surface area contributed by atoms with Crippen LogP contribution in [-0.2, 0) is 5.75 Å². The molecule has 2 heterocycles. The number of nitrogens with zero attached hydrogens (tertiary/aromatic N) is 2. The van der Waals surface area contributed by atoms with Crippen LogP contribution in [0.2, 0.25) is 5.02 Å². The fourth-order valence-electron chi connectivity index (χ4n) is 2.50. The van der Waals surface area contributed by atoms with E-state index in [1.165, 1.54) is 6.07 Å². The van der Waals surface area contributed by atoms with Crippen molar-refractivity contribution < 1.29 is 4.39 Å². The van der Waals surface area contributed by atoms with Crippen LogP contribution in [0.15, 0.2) is 65.7 Å². The molecule has 138 valence electrons. The van der Waals surface area contributed by atoms with Gasteiger partial charge in [-0.1, -0.05) is 37.6 Å². The minimum absolute atomic E-state index is 0.278. The van der Waals surface area contributed by atoms with E-state index in [-0.39, 0.29) is 5.82 Å². The van der Waals surface area contributed by atoms with Crippen molar-refractivity contribution in [3.05, 3.63) is 77.2 Å². The molecule has 4 aromatic rings. The number of benzene rings is 2. The summed E-state index contributed by atoms with van der Waals surface area (Å²) in [6.45, 7) is 4.00. The number of thioether (sulfide) groups is 1. The van der Waals surface area contributed by atoms with Gasteiger partial charge in [-0.25, -0.2) is 9.37 Å². The van der Waals surface area contributed by atoms with Crippen LogP contribution in [0.4, 0.5) is 4.39 Å². The van der Waals surface area contributed by atoms with Gasteiger partial charge in [0.1, 0.15) is 11.5 Å². The van der Waals surface area contributed by atoms with E-state index in [1.807, 2.05) is 50.2 Å². The van der Waals surface area contributed by atoms with Crippen molar-refractivity contribution >= 4 is 34.4 Å². The molecule has 0 saturated carbocycles. The molecule has 0 amide bonds. The third kappa shape index (κ3) is 4.67. The third-order valence-corrected chi connectivity index (χ3v) is 5.05. The molecule has 0 bridgehead atoms. The third-order valence-electron chi connectivity index (χ3n) is 3.77. The second-order valence-corrected chi connectivity index (χ2v) is 6.99. The molecule has 0 spiro atoms. The van der Waals surface area contributed by atoms with Crippen LogP contribution >= 0.6 is 23.4 Å². The summed E-state index contributed by atoms with van der Waals surface area (Å²) in [5.74, 6) is 0.997. The first-order valence-electron chi connectivity index (χ1n) is 8.67. The standard InChI is InChI=1S/C19H13ClFN3S.C2H6/c20-13-5-4-12(15(21)9-13)11-25-14-6-7-16-18(10-14)24-19(23-16)17-3-1-2-8-22-17;1-2/h1-10H,11H2,(H,23,24);1-2H3.